The van der Waals surface area contributed by atoms with Gasteiger partial charge in [0.25, 0.3) is 11.8 Å². The topological polar surface area (TPSA) is 160 Å². The Morgan fingerprint density at radius 2 is 1.54 bits per heavy atom. The molecule has 0 saturated heterocycles. The molecule has 318 valence electrons. The Bertz CT molecular complexity index is 1960. The normalized spacial score (nSPS) is 13.8. The number of hydrogen-bond donors (Lipinski definition) is 2. The summed E-state index contributed by atoms with van der Waals surface area (Å²) in [5, 5.41) is 9.97. The number of thioether (sulfide) groups is 1. The molecule has 0 radical (unpaired) electrons. The number of aliphatic carboxylic acids is 1. The Kier molecular flexibility index (Phi) is 17.8. The van der Waals surface area contributed by atoms with E-state index in [-0.39, 0.29) is 65.6 Å². The number of unbranched alkanes of at least 4 members (excludes halogenated alkanes) is 2. The maximum Gasteiger partial charge on any atom is 0.307 e. The molecule has 59 heavy (non-hydrogen) atoms. The lowest BCUT2D eigenvalue weighted by Gasteiger charge is -2.41. The molecule has 0 unspecified atom stereocenters. The molecule has 1 aliphatic heterocycles. The minimum absolute atomic E-state index is 0.00548. The summed E-state index contributed by atoms with van der Waals surface area (Å²) in [5.41, 5.74) is 7.63. The molecule has 0 aliphatic carbocycles. The minimum atomic E-state index is -1.15. The number of rotatable bonds is 25. The van der Waals surface area contributed by atoms with Gasteiger partial charge in [0.15, 0.2) is 0 Å². The molecule has 11 nitrogen and oxygen atoms in total. The highest BCUT2D eigenvalue weighted by Gasteiger charge is 2.37. The van der Waals surface area contributed by atoms with Gasteiger partial charge >= 0.3 is 5.97 Å². The fraction of sp³-hybridized carbons (Fsp3) is 0.467. The van der Waals surface area contributed by atoms with Crippen molar-refractivity contribution in [2.45, 2.75) is 91.1 Å². The van der Waals surface area contributed by atoms with Gasteiger partial charge in [-0.15, -0.1) is 0 Å². The van der Waals surface area contributed by atoms with E-state index in [1.165, 1.54) is 17.1 Å². The van der Waals surface area contributed by atoms with Crippen LogP contribution in [0, 0.1) is 23.0 Å². The lowest BCUT2D eigenvalue weighted by molar-refractivity contribution is -0.143. The second kappa shape index (κ2) is 22.4. The minimum Gasteiger partial charge on any atom is -0.481 e. The van der Waals surface area contributed by atoms with Crippen molar-refractivity contribution in [1.29, 1.82) is 0 Å². The molecule has 2 heterocycles. The largest absolute Gasteiger partial charge is 0.481 e. The SMILES string of the molecule is CC(C)(C)[C@H](c1cc(-c2cc(F)ccc2F)cn1Cc1ccccc1)N(CCCN)C(=O)CSC[C@H](CC(=O)CCCC(=O)CCCCCN1C(=O)C=CC1=O)C(=O)O. The number of carboxylic acids is 1. The van der Waals surface area contributed by atoms with Crippen molar-refractivity contribution in [3.63, 3.8) is 0 Å². The van der Waals surface area contributed by atoms with Crippen LogP contribution < -0.4 is 5.73 Å². The lowest BCUT2D eigenvalue weighted by atomic mass is 9.83. The van der Waals surface area contributed by atoms with Gasteiger partial charge in [-0.2, -0.15) is 11.8 Å². The number of imide groups is 1. The van der Waals surface area contributed by atoms with Gasteiger partial charge in [0.05, 0.1) is 17.7 Å². The molecule has 2 atom stereocenters. The number of Topliss-reactive ketones (excluding diaryl/α,β-unsaturated/α-hetero) is 2. The van der Waals surface area contributed by atoms with Gasteiger partial charge in [-0.05, 0) is 67.5 Å². The Morgan fingerprint density at radius 3 is 2.20 bits per heavy atom. The third kappa shape index (κ3) is 14.1. The van der Waals surface area contributed by atoms with E-state index in [4.69, 9.17) is 5.73 Å². The Labute approximate surface area is 349 Å². The van der Waals surface area contributed by atoms with E-state index < -0.39 is 35.0 Å². The molecule has 4 rings (SSSR count). The Hall–Kier alpha value is -4.95. The van der Waals surface area contributed by atoms with E-state index in [0.29, 0.717) is 76.0 Å². The number of nitrogens with two attached hydrogens (primary N) is 1. The van der Waals surface area contributed by atoms with Gasteiger partial charge in [0, 0.05) is 86.2 Å². The molecule has 0 spiro atoms. The number of hydrogen-bond acceptors (Lipinski definition) is 8. The van der Waals surface area contributed by atoms with Crippen molar-refractivity contribution >= 4 is 47.0 Å². The summed E-state index contributed by atoms with van der Waals surface area (Å²) in [6.45, 7) is 7.32. The van der Waals surface area contributed by atoms with Crippen molar-refractivity contribution in [2.24, 2.45) is 17.1 Å². The van der Waals surface area contributed by atoms with Crippen LogP contribution in [0.5, 0.6) is 0 Å². The molecular weight excluding hydrogens is 779 g/mol. The summed E-state index contributed by atoms with van der Waals surface area (Å²) < 4.78 is 31.4. The van der Waals surface area contributed by atoms with E-state index in [0.717, 1.165) is 35.5 Å². The summed E-state index contributed by atoms with van der Waals surface area (Å²) >= 11 is 1.14. The monoisotopic (exact) mass is 834 g/mol. The van der Waals surface area contributed by atoms with E-state index in [9.17, 15) is 38.3 Å². The average Bonchev–Trinajstić information content (AvgIpc) is 3.73. The number of ketones is 2. The first kappa shape index (κ1) is 46.7. The molecule has 3 aromatic rings. The van der Waals surface area contributed by atoms with Crippen LogP contribution in [0.1, 0.15) is 95.9 Å². The van der Waals surface area contributed by atoms with Crippen molar-refractivity contribution in [1.82, 2.24) is 14.4 Å². The molecule has 3 amide bonds. The van der Waals surface area contributed by atoms with Crippen molar-refractivity contribution in [2.75, 3.05) is 31.1 Å². The van der Waals surface area contributed by atoms with Crippen molar-refractivity contribution < 1.29 is 42.7 Å². The highest BCUT2D eigenvalue weighted by Crippen LogP contribution is 2.41. The number of amides is 3. The summed E-state index contributed by atoms with van der Waals surface area (Å²) in [6.07, 6.45) is 7.27. The van der Waals surface area contributed by atoms with Crippen LogP contribution in [0.25, 0.3) is 11.1 Å². The van der Waals surface area contributed by atoms with Crippen LogP contribution in [-0.4, -0.2) is 85.9 Å². The Balaban J connectivity index is 1.37. The molecular formula is C45H56F2N4O7S. The fourth-order valence-corrected chi connectivity index (χ4v) is 8.27. The van der Waals surface area contributed by atoms with Crippen LogP contribution in [-0.2, 0) is 35.3 Å². The molecule has 0 bridgehead atoms. The van der Waals surface area contributed by atoms with Crippen molar-refractivity contribution in [3.05, 3.63) is 95.8 Å². The molecule has 1 aromatic heterocycles. The quantitative estimate of drug-likeness (QED) is 0.0657. The molecule has 3 N–H and O–H groups in total. The number of nitrogens with zero attached hydrogens (tertiary/aromatic N) is 3. The molecule has 1 aliphatic rings. The highest BCUT2D eigenvalue weighted by atomic mass is 32.2. The van der Waals surface area contributed by atoms with Gasteiger partial charge in [-0.3, -0.25) is 33.7 Å². The predicted octanol–water partition coefficient (Wildman–Crippen LogP) is 7.36. The first-order valence-electron chi connectivity index (χ1n) is 20.2. The second-order valence-corrected chi connectivity index (χ2v) is 17.1. The van der Waals surface area contributed by atoms with Crippen LogP contribution >= 0.6 is 11.8 Å². The number of halogens is 2. The molecule has 0 fully saturated rings. The van der Waals surface area contributed by atoms with Gasteiger partial charge in [-0.1, -0.05) is 57.5 Å². The predicted molar refractivity (Wildman–Crippen MR) is 224 cm³/mol. The van der Waals surface area contributed by atoms with Crippen LogP contribution in [0.2, 0.25) is 0 Å². The zero-order valence-electron chi connectivity index (χ0n) is 34.2. The number of benzene rings is 2. The maximum absolute atomic E-state index is 15.1. The molecule has 14 heteroatoms. The first-order chi connectivity index (χ1) is 28.1. The van der Waals surface area contributed by atoms with E-state index in [2.05, 4.69) is 0 Å². The standard InChI is InChI=1S/C45H56F2N4O7S/c1-45(2,3)43(39-25-32(37-26-34(46)17-18-38(37)47)28-49(39)27-31-12-6-4-7-13-31)51(23-11-21-48)42(56)30-59-29-33(44(57)58)24-36(53)16-10-15-35(52)14-8-5-9-22-50-40(54)19-20-41(50)55/h4,6-7,12-13,17-20,25-26,28,33,43H,5,8-11,14-16,21-24,27,29-30,48H2,1-3H3,(H,57,58)/t33-,43-/m0/s1. The van der Waals surface area contributed by atoms with Crippen LogP contribution in [0.4, 0.5) is 8.78 Å². The van der Waals surface area contributed by atoms with Gasteiger partial charge < -0.3 is 20.3 Å². The van der Waals surface area contributed by atoms with Gasteiger partial charge in [0.2, 0.25) is 5.91 Å². The number of carbonyl (C=O) groups excluding carboxylic acids is 5. The number of carbonyl (C=O) groups is 6. The second-order valence-electron chi connectivity index (χ2n) is 16.0. The summed E-state index contributed by atoms with van der Waals surface area (Å²) in [4.78, 5) is 77.8. The maximum atomic E-state index is 15.1. The average molecular weight is 835 g/mol. The molecule has 2 aromatic carbocycles. The Morgan fingerprint density at radius 1 is 0.864 bits per heavy atom. The third-order valence-corrected chi connectivity index (χ3v) is 11.3. The lowest BCUT2D eigenvalue weighted by Crippen LogP contribution is -2.44. The third-order valence-electron chi connectivity index (χ3n) is 10.2. The van der Waals surface area contributed by atoms with E-state index in [1.54, 1.807) is 17.2 Å². The fourth-order valence-electron chi connectivity index (χ4n) is 7.27. The van der Waals surface area contributed by atoms with Gasteiger partial charge in [-0.25, -0.2) is 8.78 Å². The van der Waals surface area contributed by atoms with E-state index in [1.807, 2.05) is 55.7 Å². The smallest absolute Gasteiger partial charge is 0.307 e. The summed E-state index contributed by atoms with van der Waals surface area (Å²) in [6, 6.07) is 14.2. The van der Waals surface area contributed by atoms with E-state index >= 15 is 4.39 Å². The summed E-state index contributed by atoms with van der Waals surface area (Å²) in [5.74, 6) is -4.55. The van der Waals surface area contributed by atoms with Crippen LogP contribution in [0.3, 0.4) is 0 Å². The van der Waals surface area contributed by atoms with Crippen molar-refractivity contribution in [3.8, 4) is 11.1 Å². The number of carboxylic acid groups (broad SMARTS) is 1. The van der Waals surface area contributed by atoms with Gasteiger partial charge in [0.1, 0.15) is 23.2 Å². The first-order valence-corrected chi connectivity index (χ1v) is 21.3. The zero-order valence-corrected chi connectivity index (χ0v) is 35.0. The highest BCUT2D eigenvalue weighted by molar-refractivity contribution is 7.99. The zero-order chi connectivity index (χ0) is 43.1. The number of aromatic nitrogens is 1. The summed E-state index contributed by atoms with van der Waals surface area (Å²) in [7, 11) is 0. The molecule has 0 saturated carbocycles. The van der Waals surface area contributed by atoms with Crippen LogP contribution in [0.15, 0.2) is 72.9 Å².